The van der Waals surface area contributed by atoms with Crippen molar-refractivity contribution in [3.05, 3.63) is 53.6 Å². The Kier molecular flexibility index (Phi) is 5.13. The van der Waals surface area contributed by atoms with E-state index >= 15 is 0 Å². The molecular formula is C22H20ClN3O3S2. The maximum absolute atomic E-state index is 13.0. The van der Waals surface area contributed by atoms with E-state index in [4.69, 9.17) is 21.7 Å². The van der Waals surface area contributed by atoms with Gasteiger partial charge in [-0.25, -0.2) is 18.5 Å². The van der Waals surface area contributed by atoms with Crippen LogP contribution in [0.3, 0.4) is 0 Å². The maximum Gasteiger partial charge on any atom is 0.238 e. The molecule has 0 spiro atoms. The number of thiazole rings is 1. The first kappa shape index (κ1) is 20.6. The Balaban J connectivity index is 1.61. The molecule has 0 bridgehead atoms. The Morgan fingerprint density at radius 3 is 2.16 bits per heavy atom. The highest BCUT2D eigenvalue weighted by Gasteiger charge is 2.42. The van der Waals surface area contributed by atoms with Crippen molar-refractivity contribution < 1.29 is 13.2 Å². The summed E-state index contributed by atoms with van der Waals surface area (Å²) in [6.07, 6.45) is 3.87. The number of nitrogens with two attached hydrogens (primary N) is 1. The van der Waals surface area contributed by atoms with Gasteiger partial charge in [0.15, 0.2) is 5.13 Å². The lowest BCUT2D eigenvalue weighted by Crippen LogP contribution is -2.34. The van der Waals surface area contributed by atoms with Crippen molar-refractivity contribution in [3.8, 4) is 21.7 Å². The van der Waals surface area contributed by atoms with Crippen molar-refractivity contribution in [1.29, 1.82) is 0 Å². The lowest BCUT2D eigenvalue weighted by molar-refractivity contribution is -0.119. The minimum Gasteiger partial charge on any atom is -0.285 e. The summed E-state index contributed by atoms with van der Waals surface area (Å²) in [5.74, 6) is 0.274. The van der Waals surface area contributed by atoms with E-state index in [0.29, 0.717) is 10.2 Å². The Hall–Kier alpha value is -2.26. The molecule has 0 saturated heterocycles. The lowest BCUT2D eigenvalue weighted by atomic mass is 10.1. The van der Waals surface area contributed by atoms with Gasteiger partial charge in [-0.3, -0.25) is 9.69 Å². The fraction of sp³-hybridized carbons (Fsp3) is 0.273. The highest BCUT2D eigenvalue weighted by Crippen LogP contribution is 2.45. The fourth-order valence-electron chi connectivity index (χ4n) is 3.50. The van der Waals surface area contributed by atoms with Crippen molar-refractivity contribution in [2.45, 2.75) is 36.6 Å². The van der Waals surface area contributed by atoms with Gasteiger partial charge in [-0.2, -0.15) is 0 Å². The molecule has 2 saturated carbocycles. The van der Waals surface area contributed by atoms with Gasteiger partial charge in [0.25, 0.3) is 0 Å². The van der Waals surface area contributed by atoms with Gasteiger partial charge < -0.3 is 0 Å². The van der Waals surface area contributed by atoms with Crippen LogP contribution in [0.4, 0.5) is 5.13 Å². The van der Waals surface area contributed by atoms with Gasteiger partial charge in [0.05, 0.1) is 15.5 Å². The fourth-order valence-corrected chi connectivity index (χ4v) is 5.31. The van der Waals surface area contributed by atoms with E-state index in [-0.39, 0.29) is 22.8 Å². The van der Waals surface area contributed by atoms with E-state index in [1.807, 2.05) is 17.0 Å². The molecule has 2 N–H and O–H groups in total. The number of hydrogen-bond acceptors (Lipinski definition) is 5. The molecule has 9 heteroatoms. The predicted octanol–water partition coefficient (Wildman–Crippen LogP) is 4.68. The summed E-state index contributed by atoms with van der Waals surface area (Å²) in [6, 6.07) is 14.0. The molecule has 2 aliphatic carbocycles. The van der Waals surface area contributed by atoms with E-state index in [2.05, 4.69) is 0 Å². The van der Waals surface area contributed by atoms with Gasteiger partial charge in [-0.05, 0) is 55.5 Å². The van der Waals surface area contributed by atoms with Gasteiger partial charge in [0.1, 0.15) is 0 Å². The number of carbonyl (C=O) groups is 1. The van der Waals surface area contributed by atoms with Gasteiger partial charge in [0.2, 0.25) is 15.9 Å². The number of anilines is 1. The van der Waals surface area contributed by atoms with Crippen LogP contribution in [0.15, 0.2) is 53.4 Å². The summed E-state index contributed by atoms with van der Waals surface area (Å²) in [6.45, 7) is 0. The molecule has 3 aromatic rings. The van der Waals surface area contributed by atoms with Crippen molar-refractivity contribution in [3.63, 3.8) is 0 Å². The molecule has 1 amide bonds. The molecule has 31 heavy (non-hydrogen) atoms. The monoisotopic (exact) mass is 473 g/mol. The second-order valence-electron chi connectivity index (χ2n) is 7.96. The minimum atomic E-state index is -3.77. The summed E-state index contributed by atoms with van der Waals surface area (Å²) in [5, 5.41) is 6.55. The number of halogens is 1. The van der Waals surface area contributed by atoms with Crippen LogP contribution in [0.5, 0.6) is 0 Å². The van der Waals surface area contributed by atoms with Crippen LogP contribution in [0.1, 0.15) is 25.7 Å². The molecule has 2 aromatic carbocycles. The van der Waals surface area contributed by atoms with E-state index < -0.39 is 10.0 Å². The molecule has 0 aliphatic heterocycles. The normalized spacial score (nSPS) is 16.3. The van der Waals surface area contributed by atoms with Crippen molar-refractivity contribution >= 4 is 44.0 Å². The van der Waals surface area contributed by atoms with Gasteiger partial charge in [-0.15, -0.1) is 0 Å². The molecular weight excluding hydrogens is 454 g/mol. The van der Waals surface area contributed by atoms with Crippen LogP contribution in [0, 0.1) is 5.92 Å². The quantitative estimate of drug-likeness (QED) is 0.562. The third-order valence-corrected chi connectivity index (χ3v) is 7.75. The summed E-state index contributed by atoms with van der Waals surface area (Å²) < 4.78 is 23.3. The average molecular weight is 474 g/mol. The van der Waals surface area contributed by atoms with Crippen LogP contribution >= 0.6 is 22.9 Å². The maximum atomic E-state index is 13.0. The Bertz CT molecular complexity index is 1250. The molecule has 160 valence electrons. The van der Waals surface area contributed by atoms with Crippen LogP contribution in [-0.4, -0.2) is 25.4 Å². The first-order valence-corrected chi connectivity index (χ1v) is 12.8. The average Bonchev–Trinajstić information content (AvgIpc) is 3.66. The highest BCUT2D eigenvalue weighted by molar-refractivity contribution is 7.89. The predicted molar refractivity (Wildman–Crippen MR) is 123 cm³/mol. The number of sulfonamides is 1. The SMILES string of the molecule is NS(=O)(=O)c1ccc(-c2sc(N(C(=O)C3CC3)C3CC3)nc2-c2ccc(Cl)cc2)cc1. The zero-order chi connectivity index (χ0) is 21.8. The standard InChI is InChI=1S/C22H20ClN3O3S2/c23-16-7-3-13(4-8-16)19-20(14-5-11-18(12-6-14)31(24,28)29)30-22(25-19)26(17-9-10-17)21(27)15-1-2-15/h3-8,11-12,15,17H,1-2,9-10H2,(H2,24,28,29). The smallest absolute Gasteiger partial charge is 0.238 e. The number of aromatic nitrogens is 1. The highest BCUT2D eigenvalue weighted by atomic mass is 35.5. The van der Waals surface area contributed by atoms with E-state index in [0.717, 1.165) is 47.4 Å². The summed E-state index contributed by atoms with van der Waals surface area (Å²) in [5.41, 5.74) is 2.44. The van der Waals surface area contributed by atoms with E-state index in [9.17, 15) is 13.2 Å². The van der Waals surface area contributed by atoms with Gasteiger partial charge in [0, 0.05) is 22.5 Å². The van der Waals surface area contributed by atoms with Gasteiger partial charge in [-0.1, -0.05) is 47.2 Å². The Labute approximate surface area is 189 Å². The molecule has 6 nitrogen and oxygen atoms in total. The molecule has 1 heterocycles. The third-order valence-electron chi connectivity index (χ3n) is 5.46. The van der Waals surface area contributed by atoms with Crippen molar-refractivity contribution in [2.75, 3.05) is 4.90 Å². The number of rotatable bonds is 6. The van der Waals surface area contributed by atoms with E-state index in [1.54, 1.807) is 24.3 Å². The zero-order valence-electron chi connectivity index (χ0n) is 16.5. The number of carbonyl (C=O) groups excluding carboxylic acids is 1. The molecule has 5 rings (SSSR count). The molecule has 2 aliphatic rings. The molecule has 2 fully saturated rings. The Morgan fingerprint density at radius 2 is 1.61 bits per heavy atom. The summed E-state index contributed by atoms with van der Waals surface area (Å²) in [4.78, 5) is 20.7. The summed E-state index contributed by atoms with van der Waals surface area (Å²) in [7, 11) is -3.77. The number of nitrogens with zero attached hydrogens (tertiary/aromatic N) is 2. The van der Waals surface area contributed by atoms with Crippen LogP contribution in [0.2, 0.25) is 5.02 Å². The lowest BCUT2D eigenvalue weighted by Gasteiger charge is -2.19. The second-order valence-corrected chi connectivity index (χ2v) is 10.9. The van der Waals surface area contributed by atoms with Crippen LogP contribution in [0.25, 0.3) is 21.7 Å². The number of benzene rings is 2. The first-order valence-electron chi connectivity index (χ1n) is 10.0. The topological polar surface area (TPSA) is 93.4 Å². The van der Waals surface area contributed by atoms with Gasteiger partial charge >= 0.3 is 0 Å². The van der Waals surface area contributed by atoms with Crippen molar-refractivity contribution in [1.82, 2.24) is 4.98 Å². The first-order chi connectivity index (χ1) is 14.8. The number of primary sulfonamides is 1. The van der Waals surface area contributed by atoms with E-state index in [1.165, 1.54) is 23.5 Å². The molecule has 0 unspecified atom stereocenters. The zero-order valence-corrected chi connectivity index (χ0v) is 18.9. The number of hydrogen-bond donors (Lipinski definition) is 1. The Morgan fingerprint density at radius 1 is 1.00 bits per heavy atom. The third kappa shape index (κ3) is 4.25. The molecule has 0 radical (unpaired) electrons. The largest absolute Gasteiger partial charge is 0.285 e. The molecule has 0 atom stereocenters. The van der Waals surface area contributed by atoms with Crippen LogP contribution < -0.4 is 10.0 Å². The summed E-state index contributed by atoms with van der Waals surface area (Å²) >= 11 is 7.52. The molecule has 1 aromatic heterocycles. The second kappa shape index (κ2) is 7.70. The number of amides is 1. The minimum absolute atomic E-state index is 0.0533. The van der Waals surface area contributed by atoms with Crippen molar-refractivity contribution in [2.24, 2.45) is 11.1 Å². The van der Waals surface area contributed by atoms with Crippen LogP contribution in [-0.2, 0) is 14.8 Å².